The Labute approximate surface area is 103 Å². The van der Waals surface area contributed by atoms with Crippen molar-refractivity contribution in [1.82, 2.24) is 4.90 Å². The van der Waals surface area contributed by atoms with Crippen LogP contribution >= 0.6 is 0 Å². The lowest BCUT2D eigenvalue weighted by Crippen LogP contribution is -2.45. The summed E-state index contributed by atoms with van der Waals surface area (Å²) in [4.78, 5) is 13.0. The van der Waals surface area contributed by atoms with Crippen LogP contribution in [0.3, 0.4) is 0 Å². The van der Waals surface area contributed by atoms with Crippen LogP contribution in [0.4, 0.5) is 0 Å². The summed E-state index contributed by atoms with van der Waals surface area (Å²) in [6, 6.07) is 10.1. The second kappa shape index (κ2) is 7.98. The molecule has 0 N–H and O–H groups in total. The van der Waals surface area contributed by atoms with Gasteiger partial charge in [0.2, 0.25) is 0 Å². The standard InChI is InChI=1S/C12H15NO2.C2H6/c14-9-12-10-15-7-6-13(12)8-11-4-2-1-3-5-11;1-2/h1-5,9,12H,6-8,10H2;1-2H3. The lowest BCUT2D eigenvalue weighted by atomic mass is 10.1. The van der Waals surface area contributed by atoms with E-state index in [1.165, 1.54) is 5.56 Å². The molecule has 1 aromatic carbocycles. The van der Waals surface area contributed by atoms with Crippen molar-refractivity contribution in [2.45, 2.75) is 26.4 Å². The van der Waals surface area contributed by atoms with E-state index in [9.17, 15) is 4.79 Å². The number of rotatable bonds is 3. The van der Waals surface area contributed by atoms with Crippen LogP contribution < -0.4 is 0 Å². The Kier molecular flexibility index (Phi) is 6.51. The van der Waals surface area contributed by atoms with E-state index in [1.54, 1.807) is 0 Å². The van der Waals surface area contributed by atoms with Gasteiger partial charge in [0.15, 0.2) is 0 Å². The van der Waals surface area contributed by atoms with Gasteiger partial charge in [0.05, 0.1) is 19.3 Å². The van der Waals surface area contributed by atoms with Crippen molar-refractivity contribution in [3.05, 3.63) is 35.9 Å². The van der Waals surface area contributed by atoms with Gasteiger partial charge in [-0.15, -0.1) is 0 Å². The number of carbonyl (C=O) groups is 1. The van der Waals surface area contributed by atoms with Gasteiger partial charge in [0, 0.05) is 13.1 Å². The van der Waals surface area contributed by atoms with E-state index in [-0.39, 0.29) is 6.04 Å². The smallest absolute Gasteiger partial charge is 0.139 e. The Bertz CT molecular complexity index is 313. The van der Waals surface area contributed by atoms with Crippen LogP contribution in [0.1, 0.15) is 19.4 Å². The number of hydrogen-bond donors (Lipinski definition) is 0. The van der Waals surface area contributed by atoms with Crippen LogP contribution in [-0.4, -0.2) is 37.0 Å². The summed E-state index contributed by atoms with van der Waals surface area (Å²) in [5.41, 5.74) is 1.24. The fourth-order valence-electron chi connectivity index (χ4n) is 1.80. The second-order valence-corrected chi connectivity index (χ2v) is 3.73. The minimum absolute atomic E-state index is 0.0843. The van der Waals surface area contributed by atoms with Crippen LogP contribution in [-0.2, 0) is 16.1 Å². The molecule has 3 heteroatoms. The van der Waals surface area contributed by atoms with Crippen LogP contribution in [0.5, 0.6) is 0 Å². The largest absolute Gasteiger partial charge is 0.378 e. The van der Waals surface area contributed by atoms with Crippen LogP contribution in [0.15, 0.2) is 30.3 Å². The van der Waals surface area contributed by atoms with E-state index in [2.05, 4.69) is 17.0 Å². The highest BCUT2D eigenvalue weighted by Crippen LogP contribution is 2.10. The first-order valence-electron chi connectivity index (χ1n) is 6.21. The van der Waals surface area contributed by atoms with E-state index in [0.717, 1.165) is 26.0 Å². The molecule has 0 aliphatic carbocycles. The monoisotopic (exact) mass is 235 g/mol. The highest BCUT2D eigenvalue weighted by atomic mass is 16.5. The average Bonchev–Trinajstić information content (AvgIpc) is 2.43. The predicted octanol–water partition coefficient (Wildman–Crippen LogP) is 2.11. The number of hydrogen-bond acceptors (Lipinski definition) is 3. The van der Waals surface area contributed by atoms with Crippen molar-refractivity contribution < 1.29 is 9.53 Å². The summed E-state index contributed by atoms with van der Waals surface area (Å²) in [5.74, 6) is 0. The summed E-state index contributed by atoms with van der Waals surface area (Å²) < 4.78 is 5.27. The molecule has 0 radical (unpaired) electrons. The van der Waals surface area contributed by atoms with Crippen molar-refractivity contribution in [2.24, 2.45) is 0 Å². The van der Waals surface area contributed by atoms with Crippen molar-refractivity contribution in [2.75, 3.05) is 19.8 Å². The first kappa shape index (κ1) is 13.9. The van der Waals surface area contributed by atoms with E-state index < -0.39 is 0 Å². The van der Waals surface area contributed by atoms with Gasteiger partial charge in [0.25, 0.3) is 0 Å². The molecular formula is C14H21NO2. The van der Waals surface area contributed by atoms with Gasteiger partial charge in [-0.2, -0.15) is 0 Å². The number of ether oxygens (including phenoxy) is 1. The van der Waals surface area contributed by atoms with Crippen LogP contribution in [0.25, 0.3) is 0 Å². The number of aldehydes is 1. The molecule has 1 aliphatic heterocycles. The zero-order chi connectivity index (χ0) is 12.5. The maximum absolute atomic E-state index is 10.8. The molecular weight excluding hydrogens is 214 g/mol. The first-order chi connectivity index (χ1) is 8.40. The number of benzene rings is 1. The summed E-state index contributed by atoms with van der Waals surface area (Å²) in [5, 5.41) is 0. The van der Waals surface area contributed by atoms with Crippen molar-refractivity contribution >= 4 is 6.29 Å². The third-order valence-electron chi connectivity index (χ3n) is 2.67. The maximum Gasteiger partial charge on any atom is 0.139 e. The zero-order valence-corrected chi connectivity index (χ0v) is 10.6. The molecule has 0 amide bonds. The molecule has 0 aromatic heterocycles. The fourth-order valence-corrected chi connectivity index (χ4v) is 1.80. The van der Waals surface area contributed by atoms with Gasteiger partial charge >= 0.3 is 0 Å². The summed E-state index contributed by atoms with van der Waals surface area (Å²) in [6.07, 6.45) is 0.974. The minimum Gasteiger partial charge on any atom is -0.378 e. The molecule has 1 aliphatic rings. The van der Waals surface area contributed by atoms with E-state index in [4.69, 9.17) is 4.74 Å². The highest BCUT2D eigenvalue weighted by molar-refractivity contribution is 5.58. The van der Waals surface area contributed by atoms with Gasteiger partial charge in [-0.3, -0.25) is 4.90 Å². The average molecular weight is 235 g/mol. The molecule has 0 bridgehead atoms. The molecule has 2 rings (SSSR count). The Morgan fingerprint density at radius 1 is 1.35 bits per heavy atom. The molecule has 0 saturated carbocycles. The van der Waals surface area contributed by atoms with E-state index >= 15 is 0 Å². The SMILES string of the molecule is CC.O=CC1COCCN1Cc1ccccc1. The highest BCUT2D eigenvalue weighted by Gasteiger charge is 2.21. The van der Waals surface area contributed by atoms with E-state index in [0.29, 0.717) is 6.61 Å². The Balaban J connectivity index is 0.000000686. The first-order valence-corrected chi connectivity index (χ1v) is 6.21. The third kappa shape index (κ3) is 4.29. The van der Waals surface area contributed by atoms with Gasteiger partial charge in [-0.05, 0) is 5.56 Å². The molecule has 1 fully saturated rings. The van der Waals surface area contributed by atoms with Crippen molar-refractivity contribution in [3.8, 4) is 0 Å². The number of carbonyl (C=O) groups excluding carboxylic acids is 1. The number of morpholine rings is 1. The van der Waals surface area contributed by atoms with Crippen LogP contribution in [0, 0.1) is 0 Å². The summed E-state index contributed by atoms with van der Waals surface area (Å²) in [6.45, 7) is 6.90. The summed E-state index contributed by atoms with van der Waals surface area (Å²) >= 11 is 0. The van der Waals surface area contributed by atoms with Crippen molar-refractivity contribution in [1.29, 1.82) is 0 Å². The van der Waals surface area contributed by atoms with Crippen molar-refractivity contribution in [3.63, 3.8) is 0 Å². The predicted molar refractivity (Wildman–Crippen MR) is 68.9 cm³/mol. The Morgan fingerprint density at radius 3 is 2.71 bits per heavy atom. The molecule has 1 atom stereocenters. The second-order valence-electron chi connectivity index (χ2n) is 3.73. The Hall–Kier alpha value is -1.19. The number of nitrogens with zero attached hydrogens (tertiary/aromatic N) is 1. The van der Waals surface area contributed by atoms with Gasteiger partial charge in [0.1, 0.15) is 6.29 Å². The van der Waals surface area contributed by atoms with Crippen LogP contribution in [0.2, 0.25) is 0 Å². The molecule has 94 valence electrons. The van der Waals surface area contributed by atoms with Gasteiger partial charge < -0.3 is 9.53 Å². The molecule has 1 unspecified atom stereocenters. The van der Waals surface area contributed by atoms with Gasteiger partial charge in [-0.25, -0.2) is 0 Å². The lowest BCUT2D eigenvalue weighted by Gasteiger charge is -2.32. The topological polar surface area (TPSA) is 29.5 Å². The van der Waals surface area contributed by atoms with Gasteiger partial charge in [-0.1, -0.05) is 44.2 Å². The molecule has 1 saturated heterocycles. The summed E-state index contributed by atoms with van der Waals surface area (Å²) in [7, 11) is 0. The Morgan fingerprint density at radius 2 is 2.06 bits per heavy atom. The molecule has 3 nitrogen and oxygen atoms in total. The molecule has 0 spiro atoms. The molecule has 1 aromatic rings. The maximum atomic E-state index is 10.8. The molecule has 17 heavy (non-hydrogen) atoms. The quantitative estimate of drug-likeness (QED) is 0.752. The lowest BCUT2D eigenvalue weighted by molar-refractivity contribution is -0.118. The normalized spacial score (nSPS) is 20.2. The fraction of sp³-hybridized carbons (Fsp3) is 0.500. The minimum atomic E-state index is -0.0843. The van der Waals surface area contributed by atoms with E-state index in [1.807, 2.05) is 32.0 Å². The third-order valence-corrected chi connectivity index (χ3v) is 2.67. The zero-order valence-electron chi connectivity index (χ0n) is 10.6. The molecule has 1 heterocycles.